The number of nitrogens with zero attached hydrogens (tertiary/aromatic N) is 1. The van der Waals surface area contributed by atoms with Crippen molar-refractivity contribution in [3.05, 3.63) is 52.2 Å². The van der Waals surface area contributed by atoms with Crippen LogP contribution in [0.1, 0.15) is 21.5 Å². The Morgan fingerprint density at radius 1 is 1.37 bits per heavy atom. The van der Waals surface area contributed by atoms with E-state index in [1.54, 1.807) is 0 Å². The summed E-state index contributed by atoms with van der Waals surface area (Å²) in [5.41, 5.74) is 8.81. The topological polar surface area (TPSA) is 68.0 Å². The molecule has 98 valence electrons. The van der Waals surface area contributed by atoms with Gasteiger partial charge in [0.2, 0.25) is 0 Å². The Hall–Kier alpha value is -2.07. The van der Waals surface area contributed by atoms with Gasteiger partial charge >= 0.3 is 0 Å². The molecule has 0 radical (unpaired) electrons. The lowest BCUT2D eigenvalue weighted by molar-refractivity contribution is 0.102. The maximum absolute atomic E-state index is 12.1. The van der Waals surface area contributed by atoms with Gasteiger partial charge in [0.05, 0.1) is 10.6 Å². The highest BCUT2D eigenvalue weighted by Crippen LogP contribution is 2.20. The van der Waals surface area contributed by atoms with Crippen molar-refractivity contribution in [2.45, 2.75) is 13.8 Å². The first-order chi connectivity index (χ1) is 8.99. The molecular formula is C14H14ClN3O. The molecule has 0 aliphatic rings. The van der Waals surface area contributed by atoms with Crippen LogP contribution in [0.2, 0.25) is 5.02 Å². The van der Waals surface area contributed by atoms with Crippen LogP contribution in [0.3, 0.4) is 0 Å². The number of carbonyl (C=O) groups is 1. The van der Waals surface area contributed by atoms with E-state index < -0.39 is 0 Å². The summed E-state index contributed by atoms with van der Waals surface area (Å²) in [4.78, 5) is 16.0. The van der Waals surface area contributed by atoms with Crippen LogP contribution in [0.4, 0.5) is 11.5 Å². The summed E-state index contributed by atoms with van der Waals surface area (Å²) in [6.07, 6.45) is 1.40. The first kappa shape index (κ1) is 13.4. The van der Waals surface area contributed by atoms with Gasteiger partial charge in [0.15, 0.2) is 0 Å². The number of nitrogens with two attached hydrogens (primary N) is 1. The van der Waals surface area contributed by atoms with Crippen LogP contribution in [-0.2, 0) is 0 Å². The van der Waals surface area contributed by atoms with Crippen LogP contribution in [0.25, 0.3) is 0 Å². The second-order valence-electron chi connectivity index (χ2n) is 4.29. The Labute approximate surface area is 116 Å². The average Bonchev–Trinajstić information content (AvgIpc) is 2.38. The van der Waals surface area contributed by atoms with Crippen molar-refractivity contribution >= 4 is 29.0 Å². The molecule has 1 aromatic heterocycles. The third-order valence-electron chi connectivity index (χ3n) is 2.98. The van der Waals surface area contributed by atoms with Gasteiger partial charge in [0, 0.05) is 11.9 Å². The van der Waals surface area contributed by atoms with E-state index in [9.17, 15) is 4.79 Å². The number of hydrogen-bond donors (Lipinski definition) is 2. The minimum Gasteiger partial charge on any atom is -0.382 e. The molecule has 0 aliphatic heterocycles. The fourth-order valence-corrected chi connectivity index (χ4v) is 1.82. The summed E-state index contributed by atoms with van der Waals surface area (Å²) in [5.74, 6) is -0.0481. The second-order valence-corrected chi connectivity index (χ2v) is 4.70. The molecule has 1 heterocycles. The van der Waals surface area contributed by atoms with Gasteiger partial charge in [-0.1, -0.05) is 23.7 Å². The Balaban J connectivity index is 2.26. The number of nitrogen functional groups attached to an aromatic ring is 1. The number of pyridine rings is 1. The van der Waals surface area contributed by atoms with Gasteiger partial charge in [0.1, 0.15) is 5.82 Å². The van der Waals surface area contributed by atoms with E-state index in [0.717, 1.165) is 16.8 Å². The average molecular weight is 276 g/mol. The van der Waals surface area contributed by atoms with Crippen LogP contribution >= 0.6 is 11.6 Å². The molecule has 4 nitrogen and oxygen atoms in total. The van der Waals surface area contributed by atoms with Crippen LogP contribution in [0.15, 0.2) is 30.5 Å². The Morgan fingerprint density at radius 3 is 2.79 bits per heavy atom. The lowest BCUT2D eigenvalue weighted by Crippen LogP contribution is -2.13. The second kappa shape index (κ2) is 5.28. The lowest BCUT2D eigenvalue weighted by Gasteiger charge is -2.10. The van der Waals surface area contributed by atoms with Crippen LogP contribution in [0.5, 0.6) is 0 Å². The zero-order valence-electron chi connectivity index (χ0n) is 10.7. The van der Waals surface area contributed by atoms with Gasteiger partial charge in [-0.05, 0) is 37.1 Å². The predicted octanol–water partition coefficient (Wildman–Crippen LogP) is 3.19. The zero-order chi connectivity index (χ0) is 14.0. The van der Waals surface area contributed by atoms with Crippen LogP contribution in [-0.4, -0.2) is 10.9 Å². The van der Waals surface area contributed by atoms with E-state index >= 15 is 0 Å². The summed E-state index contributed by atoms with van der Waals surface area (Å²) in [7, 11) is 0. The minimum absolute atomic E-state index is 0.213. The normalized spacial score (nSPS) is 10.3. The van der Waals surface area contributed by atoms with Gasteiger partial charge in [0.25, 0.3) is 5.91 Å². The molecule has 3 N–H and O–H groups in total. The molecule has 0 bridgehead atoms. The maximum atomic E-state index is 12.1. The fourth-order valence-electron chi connectivity index (χ4n) is 1.65. The molecule has 2 rings (SSSR count). The number of benzene rings is 1. The first-order valence-electron chi connectivity index (χ1n) is 5.77. The maximum Gasteiger partial charge on any atom is 0.257 e. The highest BCUT2D eigenvalue weighted by Gasteiger charge is 2.10. The predicted molar refractivity (Wildman–Crippen MR) is 77.5 cm³/mol. The van der Waals surface area contributed by atoms with Gasteiger partial charge in [-0.25, -0.2) is 4.98 Å². The minimum atomic E-state index is -0.261. The third-order valence-corrected chi connectivity index (χ3v) is 3.29. The van der Waals surface area contributed by atoms with E-state index in [-0.39, 0.29) is 16.7 Å². The number of halogens is 1. The number of rotatable bonds is 2. The van der Waals surface area contributed by atoms with E-state index in [0.29, 0.717) is 5.56 Å². The first-order valence-corrected chi connectivity index (χ1v) is 6.15. The fraction of sp³-hybridized carbons (Fsp3) is 0.143. The number of nitrogens with one attached hydrogen (secondary N) is 1. The Bertz CT molecular complexity index is 641. The van der Waals surface area contributed by atoms with Crippen LogP contribution in [0, 0.1) is 13.8 Å². The molecule has 0 fully saturated rings. The van der Waals surface area contributed by atoms with Gasteiger partial charge < -0.3 is 11.1 Å². The van der Waals surface area contributed by atoms with E-state index in [2.05, 4.69) is 10.3 Å². The SMILES string of the molecule is Cc1cccc(NC(=O)c2cnc(N)c(Cl)c2)c1C. The number of carbonyl (C=O) groups excluding carboxylic acids is 1. The molecule has 1 aromatic carbocycles. The molecule has 19 heavy (non-hydrogen) atoms. The van der Waals surface area contributed by atoms with Crippen molar-refractivity contribution in [2.75, 3.05) is 11.1 Å². The standard InChI is InChI=1S/C14H14ClN3O/c1-8-4-3-5-12(9(8)2)18-14(19)10-6-11(15)13(16)17-7-10/h3-7H,1-2H3,(H2,16,17)(H,18,19). The van der Waals surface area contributed by atoms with Crippen LogP contribution < -0.4 is 11.1 Å². The number of anilines is 2. The van der Waals surface area contributed by atoms with E-state index in [4.69, 9.17) is 17.3 Å². The third kappa shape index (κ3) is 2.85. The molecule has 0 saturated carbocycles. The van der Waals surface area contributed by atoms with Crippen molar-refractivity contribution in [3.8, 4) is 0 Å². The quantitative estimate of drug-likeness (QED) is 0.884. The van der Waals surface area contributed by atoms with E-state index in [1.165, 1.54) is 12.3 Å². The highest BCUT2D eigenvalue weighted by molar-refractivity contribution is 6.33. The lowest BCUT2D eigenvalue weighted by atomic mass is 10.1. The van der Waals surface area contributed by atoms with Gasteiger partial charge in [-0.15, -0.1) is 0 Å². The van der Waals surface area contributed by atoms with Crippen molar-refractivity contribution in [1.82, 2.24) is 4.98 Å². The molecule has 5 heteroatoms. The smallest absolute Gasteiger partial charge is 0.257 e. The molecule has 0 saturated heterocycles. The molecule has 2 aromatic rings. The molecule has 0 unspecified atom stereocenters. The largest absolute Gasteiger partial charge is 0.382 e. The van der Waals surface area contributed by atoms with Gasteiger partial charge in [-0.3, -0.25) is 4.79 Å². The molecule has 0 atom stereocenters. The Kier molecular flexibility index (Phi) is 3.71. The molecular weight excluding hydrogens is 262 g/mol. The van der Waals surface area contributed by atoms with Gasteiger partial charge in [-0.2, -0.15) is 0 Å². The summed E-state index contributed by atoms with van der Waals surface area (Å²) in [6.45, 7) is 3.95. The number of hydrogen-bond acceptors (Lipinski definition) is 3. The van der Waals surface area contributed by atoms with E-state index in [1.807, 2.05) is 32.0 Å². The van der Waals surface area contributed by atoms with Crippen molar-refractivity contribution < 1.29 is 4.79 Å². The Morgan fingerprint density at radius 2 is 2.11 bits per heavy atom. The summed E-state index contributed by atoms with van der Waals surface area (Å²) < 4.78 is 0. The number of aromatic nitrogens is 1. The summed E-state index contributed by atoms with van der Waals surface area (Å²) >= 11 is 5.85. The number of aryl methyl sites for hydroxylation is 1. The van der Waals surface area contributed by atoms with Crippen molar-refractivity contribution in [3.63, 3.8) is 0 Å². The number of amides is 1. The summed E-state index contributed by atoms with van der Waals surface area (Å²) in [5, 5.41) is 3.11. The highest BCUT2D eigenvalue weighted by atomic mass is 35.5. The molecule has 0 aliphatic carbocycles. The molecule has 0 spiro atoms. The van der Waals surface area contributed by atoms with Crippen molar-refractivity contribution in [1.29, 1.82) is 0 Å². The van der Waals surface area contributed by atoms with Crippen molar-refractivity contribution in [2.24, 2.45) is 0 Å². The molecule has 1 amide bonds. The zero-order valence-corrected chi connectivity index (χ0v) is 11.5. The monoisotopic (exact) mass is 275 g/mol. The summed E-state index contributed by atoms with van der Waals surface area (Å²) in [6, 6.07) is 7.25.